The number of rotatable bonds is 3. The van der Waals surface area contributed by atoms with Crippen molar-refractivity contribution in [1.82, 2.24) is 9.88 Å². The molecular weight excluding hydrogens is 300 g/mol. The van der Waals surface area contributed by atoms with E-state index in [1.54, 1.807) is 6.20 Å². The maximum Gasteiger partial charge on any atom is 0.226 e. The van der Waals surface area contributed by atoms with Gasteiger partial charge in [0.1, 0.15) is 0 Å². The van der Waals surface area contributed by atoms with E-state index < -0.39 is 9.84 Å². The number of likely N-dealkylation sites (tertiary alicyclic amines) is 1. The molecule has 0 aliphatic carbocycles. The van der Waals surface area contributed by atoms with Gasteiger partial charge in [-0.2, -0.15) is 0 Å². The van der Waals surface area contributed by atoms with Gasteiger partial charge in [-0.3, -0.25) is 9.78 Å². The summed E-state index contributed by atoms with van der Waals surface area (Å²) in [6.07, 6.45) is 7.16. The van der Waals surface area contributed by atoms with E-state index in [0.29, 0.717) is 12.3 Å². The lowest BCUT2D eigenvalue weighted by Gasteiger charge is -2.33. The summed E-state index contributed by atoms with van der Waals surface area (Å²) in [6.45, 7) is 1.50. The summed E-state index contributed by atoms with van der Waals surface area (Å²) in [5.41, 5.74) is 1.24. The molecule has 2 aliphatic rings. The van der Waals surface area contributed by atoms with E-state index in [9.17, 15) is 13.2 Å². The molecular formula is C16H22N2O3S. The van der Waals surface area contributed by atoms with Gasteiger partial charge in [0.15, 0.2) is 9.84 Å². The fourth-order valence-corrected chi connectivity index (χ4v) is 5.19. The Morgan fingerprint density at radius 1 is 1.27 bits per heavy atom. The monoisotopic (exact) mass is 322 g/mol. The molecule has 1 amide bonds. The molecule has 2 saturated heterocycles. The van der Waals surface area contributed by atoms with Crippen molar-refractivity contribution in [3.8, 4) is 0 Å². The third-order valence-electron chi connectivity index (χ3n) is 4.76. The Labute approximate surface area is 131 Å². The van der Waals surface area contributed by atoms with Crippen molar-refractivity contribution in [3.05, 3.63) is 30.1 Å². The molecule has 22 heavy (non-hydrogen) atoms. The highest BCUT2D eigenvalue weighted by atomic mass is 32.2. The van der Waals surface area contributed by atoms with Gasteiger partial charge in [0, 0.05) is 25.5 Å². The molecule has 3 rings (SSSR count). The third-order valence-corrected chi connectivity index (χ3v) is 6.52. The van der Waals surface area contributed by atoms with Crippen LogP contribution in [0.15, 0.2) is 24.5 Å². The summed E-state index contributed by atoms with van der Waals surface area (Å²) >= 11 is 0. The molecule has 1 atom stereocenters. The topological polar surface area (TPSA) is 67.3 Å². The summed E-state index contributed by atoms with van der Waals surface area (Å²) in [6, 6.07) is 4.04. The number of carbonyl (C=O) groups excluding carboxylic acids is 1. The van der Waals surface area contributed by atoms with Gasteiger partial charge in [0.2, 0.25) is 5.91 Å². The number of sulfone groups is 1. The van der Waals surface area contributed by atoms with Gasteiger partial charge in [0.25, 0.3) is 0 Å². The van der Waals surface area contributed by atoms with Gasteiger partial charge in [-0.05, 0) is 43.2 Å². The van der Waals surface area contributed by atoms with Crippen LogP contribution in [0.5, 0.6) is 0 Å². The molecule has 0 aromatic carbocycles. The Morgan fingerprint density at radius 2 is 2.05 bits per heavy atom. The van der Waals surface area contributed by atoms with Crippen molar-refractivity contribution < 1.29 is 13.2 Å². The van der Waals surface area contributed by atoms with Crippen LogP contribution < -0.4 is 0 Å². The molecule has 1 aromatic heterocycles. The van der Waals surface area contributed by atoms with Crippen LogP contribution in [-0.2, 0) is 21.1 Å². The second-order valence-electron chi connectivity index (χ2n) is 6.43. The Morgan fingerprint density at radius 3 is 2.64 bits per heavy atom. The summed E-state index contributed by atoms with van der Waals surface area (Å²) in [7, 11) is -2.99. The second-order valence-corrected chi connectivity index (χ2v) is 8.66. The molecule has 2 fully saturated rings. The molecule has 0 saturated carbocycles. The zero-order valence-electron chi connectivity index (χ0n) is 12.6. The van der Waals surface area contributed by atoms with Crippen LogP contribution in [0, 0.1) is 11.8 Å². The van der Waals surface area contributed by atoms with E-state index in [-0.39, 0.29) is 23.3 Å². The van der Waals surface area contributed by atoms with Gasteiger partial charge < -0.3 is 4.90 Å². The molecule has 0 N–H and O–H groups in total. The van der Waals surface area contributed by atoms with Crippen molar-refractivity contribution in [2.45, 2.75) is 25.7 Å². The maximum atomic E-state index is 12.4. The van der Waals surface area contributed by atoms with Crippen LogP contribution in [0.1, 0.15) is 24.8 Å². The molecule has 120 valence electrons. The zero-order valence-corrected chi connectivity index (χ0v) is 13.5. The van der Waals surface area contributed by atoms with Gasteiger partial charge in [-0.1, -0.05) is 6.07 Å². The molecule has 0 unspecified atom stereocenters. The van der Waals surface area contributed by atoms with E-state index in [1.165, 1.54) is 5.56 Å². The minimum atomic E-state index is -2.99. The minimum absolute atomic E-state index is 0.0425. The van der Waals surface area contributed by atoms with Crippen LogP contribution in [-0.4, -0.2) is 48.8 Å². The number of amides is 1. The molecule has 5 nitrogen and oxygen atoms in total. The molecule has 0 bridgehead atoms. The van der Waals surface area contributed by atoms with Gasteiger partial charge in [-0.15, -0.1) is 0 Å². The normalized spacial score (nSPS) is 25.3. The first-order chi connectivity index (χ1) is 10.5. The first-order valence-electron chi connectivity index (χ1n) is 7.91. The smallest absolute Gasteiger partial charge is 0.226 e. The minimum Gasteiger partial charge on any atom is -0.342 e. The molecule has 0 radical (unpaired) electrons. The number of hydrogen-bond acceptors (Lipinski definition) is 4. The average Bonchev–Trinajstić information content (AvgIpc) is 2.88. The van der Waals surface area contributed by atoms with Gasteiger partial charge in [0.05, 0.1) is 17.4 Å². The highest BCUT2D eigenvalue weighted by Gasteiger charge is 2.36. The van der Waals surface area contributed by atoms with Crippen molar-refractivity contribution >= 4 is 15.7 Å². The number of nitrogens with zero attached hydrogens (tertiary/aromatic N) is 2. The lowest BCUT2D eigenvalue weighted by atomic mass is 9.90. The van der Waals surface area contributed by atoms with Crippen LogP contribution in [0.4, 0.5) is 0 Å². The van der Waals surface area contributed by atoms with E-state index in [2.05, 4.69) is 11.1 Å². The Hall–Kier alpha value is -1.43. The molecule has 0 spiro atoms. The standard InChI is InChI=1S/C16H22N2O3S/c19-16(15-5-9-22(20,21)12-15)18-7-3-13(4-8-18)10-14-2-1-6-17-11-14/h1-2,6,11,13,15H,3-5,7-10,12H2/t15-/m0/s1. The fraction of sp³-hybridized carbons (Fsp3) is 0.625. The highest BCUT2D eigenvalue weighted by molar-refractivity contribution is 7.91. The van der Waals surface area contributed by atoms with Crippen molar-refractivity contribution in [2.75, 3.05) is 24.6 Å². The molecule has 6 heteroatoms. The summed E-state index contributed by atoms with van der Waals surface area (Å²) in [4.78, 5) is 18.4. The molecule has 2 aliphatic heterocycles. The van der Waals surface area contributed by atoms with Gasteiger partial charge in [-0.25, -0.2) is 8.42 Å². The van der Waals surface area contributed by atoms with Gasteiger partial charge >= 0.3 is 0 Å². The van der Waals surface area contributed by atoms with Crippen molar-refractivity contribution in [1.29, 1.82) is 0 Å². The van der Waals surface area contributed by atoms with Crippen molar-refractivity contribution in [2.24, 2.45) is 11.8 Å². The lowest BCUT2D eigenvalue weighted by Crippen LogP contribution is -2.42. The Bertz CT molecular complexity index is 622. The lowest BCUT2D eigenvalue weighted by molar-refractivity contribution is -0.136. The first kappa shape index (κ1) is 15.5. The van der Waals surface area contributed by atoms with E-state index in [1.807, 2.05) is 17.2 Å². The van der Waals surface area contributed by atoms with Crippen LogP contribution in [0.2, 0.25) is 0 Å². The molecule has 3 heterocycles. The van der Waals surface area contributed by atoms with E-state index in [0.717, 1.165) is 32.4 Å². The quantitative estimate of drug-likeness (QED) is 0.841. The van der Waals surface area contributed by atoms with Crippen LogP contribution in [0.3, 0.4) is 0 Å². The van der Waals surface area contributed by atoms with E-state index in [4.69, 9.17) is 0 Å². The highest BCUT2D eigenvalue weighted by Crippen LogP contribution is 2.25. The first-order valence-corrected chi connectivity index (χ1v) is 9.74. The number of hydrogen-bond donors (Lipinski definition) is 0. The Kier molecular flexibility index (Phi) is 4.47. The zero-order chi connectivity index (χ0) is 15.6. The molecule has 1 aromatic rings. The third kappa shape index (κ3) is 3.66. The number of pyridine rings is 1. The number of carbonyl (C=O) groups is 1. The Balaban J connectivity index is 1.50. The predicted octanol–water partition coefficient (Wildman–Crippen LogP) is 1.30. The SMILES string of the molecule is O=C([C@H]1CCS(=O)(=O)C1)N1CCC(Cc2cccnc2)CC1. The average molecular weight is 322 g/mol. The van der Waals surface area contributed by atoms with Crippen LogP contribution in [0.25, 0.3) is 0 Å². The number of piperidine rings is 1. The second kappa shape index (κ2) is 6.36. The largest absolute Gasteiger partial charge is 0.342 e. The summed E-state index contributed by atoms with van der Waals surface area (Å²) < 4.78 is 23.0. The van der Waals surface area contributed by atoms with Crippen LogP contribution >= 0.6 is 0 Å². The van der Waals surface area contributed by atoms with E-state index >= 15 is 0 Å². The fourth-order valence-electron chi connectivity index (χ4n) is 3.46. The summed E-state index contributed by atoms with van der Waals surface area (Å²) in [5, 5.41) is 0. The predicted molar refractivity (Wildman–Crippen MR) is 84.0 cm³/mol. The summed E-state index contributed by atoms with van der Waals surface area (Å²) in [5.74, 6) is 0.531. The maximum absolute atomic E-state index is 12.4. The number of aromatic nitrogens is 1. The van der Waals surface area contributed by atoms with Crippen molar-refractivity contribution in [3.63, 3.8) is 0 Å².